The molecule has 2 aliphatic carbocycles. The molecule has 4 atom stereocenters. The van der Waals surface area contributed by atoms with Crippen LogP contribution in [0.25, 0.3) is 0 Å². The molecule has 0 aliphatic heterocycles. The largest absolute Gasteiger partial charge is 0.325 e. The van der Waals surface area contributed by atoms with Crippen LogP contribution in [0.5, 0.6) is 0 Å². The molecular formula is C15H30N2. The van der Waals surface area contributed by atoms with Gasteiger partial charge in [-0.1, -0.05) is 39.5 Å². The first-order valence-corrected chi connectivity index (χ1v) is 7.51. The van der Waals surface area contributed by atoms with E-state index in [-0.39, 0.29) is 11.1 Å². The predicted molar refractivity (Wildman–Crippen MR) is 73.7 cm³/mol. The minimum absolute atomic E-state index is 0.0179. The lowest BCUT2D eigenvalue weighted by Crippen LogP contribution is -2.57. The van der Waals surface area contributed by atoms with Gasteiger partial charge < -0.3 is 11.5 Å². The van der Waals surface area contributed by atoms with Crippen LogP contribution in [0, 0.1) is 11.8 Å². The first-order valence-electron chi connectivity index (χ1n) is 7.51. The molecule has 2 rings (SSSR count). The second kappa shape index (κ2) is 4.89. The van der Waals surface area contributed by atoms with Crippen molar-refractivity contribution >= 4 is 0 Å². The maximum Gasteiger partial charge on any atom is 0.0197 e. The Hall–Kier alpha value is -0.0800. The summed E-state index contributed by atoms with van der Waals surface area (Å²) in [6.45, 7) is 4.67. The van der Waals surface area contributed by atoms with Crippen molar-refractivity contribution in [3.63, 3.8) is 0 Å². The van der Waals surface area contributed by atoms with Crippen molar-refractivity contribution in [1.29, 1.82) is 0 Å². The van der Waals surface area contributed by atoms with E-state index >= 15 is 0 Å². The second-order valence-corrected chi connectivity index (χ2v) is 7.12. The maximum absolute atomic E-state index is 6.68. The van der Waals surface area contributed by atoms with Gasteiger partial charge in [-0.3, -0.25) is 0 Å². The van der Waals surface area contributed by atoms with Gasteiger partial charge in [-0.25, -0.2) is 0 Å². The van der Waals surface area contributed by atoms with Crippen LogP contribution in [0.4, 0.5) is 0 Å². The molecule has 2 heteroatoms. The van der Waals surface area contributed by atoms with Gasteiger partial charge in [0.25, 0.3) is 0 Å². The van der Waals surface area contributed by atoms with Crippen molar-refractivity contribution in [3.8, 4) is 0 Å². The predicted octanol–water partition coefficient (Wildman–Crippen LogP) is 3.19. The van der Waals surface area contributed by atoms with Gasteiger partial charge in [0.15, 0.2) is 0 Å². The molecule has 0 spiro atoms. The van der Waals surface area contributed by atoms with Crippen molar-refractivity contribution in [2.75, 3.05) is 0 Å². The highest BCUT2D eigenvalue weighted by atomic mass is 14.8. The molecule has 0 aromatic carbocycles. The summed E-state index contributed by atoms with van der Waals surface area (Å²) in [5.74, 6) is 1.44. The average molecular weight is 238 g/mol. The topological polar surface area (TPSA) is 52.0 Å². The molecule has 0 bridgehead atoms. The quantitative estimate of drug-likeness (QED) is 0.776. The number of hydrogen-bond acceptors (Lipinski definition) is 2. The standard InChI is InChI=1S/C15H30N2/c1-12-6-5-8-14(16,10-12)11-15(17)9-4-3-7-13(15)2/h12-13H,3-11,16-17H2,1-2H3. The molecule has 4 N–H and O–H groups in total. The van der Waals surface area contributed by atoms with E-state index in [1.54, 1.807) is 0 Å². The molecule has 17 heavy (non-hydrogen) atoms. The van der Waals surface area contributed by atoms with Gasteiger partial charge in [-0.2, -0.15) is 0 Å². The molecule has 4 unspecified atom stereocenters. The summed E-state index contributed by atoms with van der Waals surface area (Å²) >= 11 is 0. The van der Waals surface area contributed by atoms with Gasteiger partial charge in [-0.05, 0) is 43.9 Å². The Morgan fingerprint density at radius 1 is 1.00 bits per heavy atom. The lowest BCUT2D eigenvalue weighted by Gasteiger charge is -2.47. The molecular weight excluding hydrogens is 208 g/mol. The summed E-state index contributed by atoms with van der Waals surface area (Å²) in [5.41, 5.74) is 13.4. The zero-order chi connectivity index (χ0) is 12.5. The van der Waals surface area contributed by atoms with E-state index in [0.717, 1.165) is 12.3 Å². The molecule has 2 fully saturated rings. The fourth-order valence-electron chi connectivity index (χ4n) is 4.22. The van der Waals surface area contributed by atoms with Crippen LogP contribution >= 0.6 is 0 Å². The third kappa shape index (κ3) is 3.03. The molecule has 0 saturated heterocycles. The van der Waals surface area contributed by atoms with Gasteiger partial charge in [-0.15, -0.1) is 0 Å². The molecule has 2 aliphatic rings. The molecule has 2 nitrogen and oxygen atoms in total. The SMILES string of the molecule is CC1CCCC(N)(CC2(N)CCCCC2C)C1. The lowest BCUT2D eigenvalue weighted by molar-refractivity contribution is 0.117. The van der Waals surface area contributed by atoms with Crippen LogP contribution in [0.2, 0.25) is 0 Å². The van der Waals surface area contributed by atoms with Gasteiger partial charge in [0.05, 0.1) is 0 Å². The van der Waals surface area contributed by atoms with Crippen LogP contribution in [-0.4, -0.2) is 11.1 Å². The fourth-order valence-corrected chi connectivity index (χ4v) is 4.22. The van der Waals surface area contributed by atoms with Crippen molar-refractivity contribution in [2.45, 2.75) is 82.7 Å². The molecule has 0 radical (unpaired) electrons. The monoisotopic (exact) mass is 238 g/mol. The summed E-state index contributed by atoms with van der Waals surface area (Å²) in [6, 6.07) is 0. The summed E-state index contributed by atoms with van der Waals surface area (Å²) in [6.07, 6.45) is 11.2. The van der Waals surface area contributed by atoms with E-state index in [2.05, 4.69) is 13.8 Å². The summed E-state index contributed by atoms with van der Waals surface area (Å²) in [7, 11) is 0. The van der Waals surface area contributed by atoms with Crippen molar-refractivity contribution in [3.05, 3.63) is 0 Å². The average Bonchev–Trinajstić information content (AvgIpc) is 2.21. The van der Waals surface area contributed by atoms with E-state index < -0.39 is 0 Å². The zero-order valence-corrected chi connectivity index (χ0v) is 11.7. The van der Waals surface area contributed by atoms with Crippen LogP contribution < -0.4 is 11.5 Å². The van der Waals surface area contributed by atoms with E-state index in [0.29, 0.717) is 5.92 Å². The lowest BCUT2D eigenvalue weighted by atomic mass is 9.64. The molecule has 0 aromatic rings. The molecule has 0 amide bonds. The first-order chi connectivity index (χ1) is 7.94. The highest BCUT2D eigenvalue weighted by Crippen LogP contribution is 2.41. The Bertz CT molecular complexity index is 266. The minimum Gasteiger partial charge on any atom is -0.325 e. The van der Waals surface area contributed by atoms with Gasteiger partial charge in [0.1, 0.15) is 0 Å². The number of nitrogens with two attached hydrogens (primary N) is 2. The molecule has 100 valence electrons. The number of hydrogen-bond donors (Lipinski definition) is 2. The van der Waals surface area contributed by atoms with Gasteiger partial charge in [0.2, 0.25) is 0 Å². The van der Waals surface area contributed by atoms with E-state index in [1.165, 1.54) is 51.4 Å². The molecule has 0 aromatic heterocycles. The maximum atomic E-state index is 6.68. The van der Waals surface area contributed by atoms with Gasteiger partial charge >= 0.3 is 0 Å². The van der Waals surface area contributed by atoms with Gasteiger partial charge in [0, 0.05) is 11.1 Å². The minimum atomic E-state index is 0.0179. The third-order valence-electron chi connectivity index (χ3n) is 5.32. The van der Waals surface area contributed by atoms with Crippen molar-refractivity contribution in [2.24, 2.45) is 23.3 Å². The molecule has 0 heterocycles. The Balaban J connectivity index is 2.02. The highest BCUT2D eigenvalue weighted by Gasteiger charge is 2.42. The zero-order valence-electron chi connectivity index (χ0n) is 11.7. The Labute approximate surface area is 107 Å². The number of rotatable bonds is 2. The van der Waals surface area contributed by atoms with E-state index in [9.17, 15) is 0 Å². The van der Waals surface area contributed by atoms with Crippen LogP contribution in [0.1, 0.15) is 71.6 Å². The summed E-state index contributed by atoms with van der Waals surface area (Å²) < 4.78 is 0. The summed E-state index contributed by atoms with van der Waals surface area (Å²) in [4.78, 5) is 0. The van der Waals surface area contributed by atoms with Crippen molar-refractivity contribution in [1.82, 2.24) is 0 Å². The smallest absolute Gasteiger partial charge is 0.0197 e. The second-order valence-electron chi connectivity index (χ2n) is 7.12. The van der Waals surface area contributed by atoms with E-state index in [4.69, 9.17) is 11.5 Å². The first kappa shape index (κ1) is 13.4. The Kier molecular flexibility index (Phi) is 3.84. The highest BCUT2D eigenvalue weighted by molar-refractivity contribution is 5.02. The van der Waals surface area contributed by atoms with Crippen LogP contribution in [0.15, 0.2) is 0 Å². The van der Waals surface area contributed by atoms with Crippen LogP contribution in [0.3, 0.4) is 0 Å². The normalized spacial score (nSPS) is 48.0. The summed E-state index contributed by atoms with van der Waals surface area (Å²) in [5, 5.41) is 0. The van der Waals surface area contributed by atoms with E-state index in [1.807, 2.05) is 0 Å². The van der Waals surface area contributed by atoms with Crippen LogP contribution in [-0.2, 0) is 0 Å². The Morgan fingerprint density at radius 2 is 1.76 bits per heavy atom. The third-order valence-corrected chi connectivity index (χ3v) is 5.32. The Morgan fingerprint density at radius 3 is 2.41 bits per heavy atom. The van der Waals surface area contributed by atoms with Crippen molar-refractivity contribution < 1.29 is 0 Å². The molecule has 2 saturated carbocycles. The fraction of sp³-hybridized carbons (Fsp3) is 1.00.